The number of thiophene rings is 1. The van der Waals surface area contributed by atoms with Crippen LogP contribution >= 0.6 is 11.3 Å². The van der Waals surface area contributed by atoms with Gasteiger partial charge in [-0.2, -0.15) is 0 Å². The predicted molar refractivity (Wildman–Crippen MR) is 53.6 cm³/mol. The van der Waals surface area contributed by atoms with Crippen molar-refractivity contribution >= 4 is 42.6 Å². The summed E-state index contributed by atoms with van der Waals surface area (Å²) in [5, 5.41) is 3.65. The Hall–Kier alpha value is -0.302. The molecule has 0 aliphatic carbocycles. The molecular formula is C8H9AsOS. The van der Waals surface area contributed by atoms with Crippen molar-refractivity contribution in [2.75, 3.05) is 0 Å². The molecule has 0 saturated heterocycles. The van der Waals surface area contributed by atoms with Crippen molar-refractivity contribution in [3.63, 3.8) is 0 Å². The van der Waals surface area contributed by atoms with Gasteiger partial charge in [0.2, 0.25) is 0 Å². The molecule has 0 spiro atoms. The van der Waals surface area contributed by atoms with E-state index in [4.69, 9.17) is 0 Å². The van der Waals surface area contributed by atoms with Gasteiger partial charge >= 0.3 is 72.3 Å². The fraction of sp³-hybridized carbons (Fsp3) is 0. The zero-order valence-electron chi connectivity index (χ0n) is 5.87. The Bertz CT molecular complexity index is 356. The average molecular weight is 228 g/mol. The Balaban J connectivity index is 0.000000605. The number of rotatable bonds is 0. The van der Waals surface area contributed by atoms with Crippen molar-refractivity contribution in [3.8, 4) is 0 Å². The van der Waals surface area contributed by atoms with Crippen molar-refractivity contribution < 1.29 is 5.48 Å². The third-order valence-electron chi connectivity index (χ3n) is 1.51. The molecule has 1 atom stereocenters. The van der Waals surface area contributed by atoms with Crippen molar-refractivity contribution in [3.05, 3.63) is 29.6 Å². The van der Waals surface area contributed by atoms with Crippen LogP contribution in [0.3, 0.4) is 0 Å². The summed E-state index contributed by atoms with van der Waals surface area (Å²) in [6.45, 7) is 0. The van der Waals surface area contributed by atoms with Gasteiger partial charge in [-0.1, -0.05) is 0 Å². The Labute approximate surface area is 77.9 Å². The molecule has 2 rings (SSSR count). The van der Waals surface area contributed by atoms with Crippen LogP contribution in [0.1, 0.15) is 0 Å². The van der Waals surface area contributed by atoms with Gasteiger partial charge in [0.15, 0.2) is 0 Å². The molecule has 1 aromatic carbocycles. The molecule has 2 N–H and O–H groups in total. The molecule has 0 aliphatic heterocycles. The van der Waals surface area contributed by atoms with E-state index in [1.54, 1.807) is 16.9 Å². The Morgan fingerprint density at radius 2 is 1.91 bits per heavy atom. The Morgan fingerprint density at radius 1 is 1.18 bits per heavy atom. The van der Waals surface area contributed by atoms with E-state index in [0.717, 1.165) is 0 Å². The molecular weight excluding hydrogens is 219 g/mol. The van der Waals surface area contributed by atoms with E-state index >= 15 is 0 Å². The molecule has 1 aromatic heterocycles. The van der Waals surface area contributed by atoms with Crippen LogP contribution in [0.25, 0.3) is 10.1 Å². The first-order chi connectivity index (χ1) is 4.88. The topological polar surface area (TPSA) is 31.5 Å². The van der Waals surface area contributed by atoms with Crippen molar-refractivity contribution in [2.45, 2.75) is 0 Å². The van der Waals surface area contributed by atoms with Gasteiger partial charge in [-0.15, -0.1) is 0 Å². The minimum atomic E-state index is 0. The van der Waals surface area contributed by atoms with E-state index in [2.05, 4.69) is 29.6 Å². The van der Waals surface area contributed by atoms with Crippen LogP contribution in [0.2, 0.25) is 0 Å². The third-order valence-corrected chi connectivity index (χ3v) is 4.00. The first kappa shape index (κ1) is 8.79. The van der Waals surface area contributed by atoms with Crippen molar-refractivity contribution in [1.29, 1.82) is 0 Å². The number of hydrogen-bond donors (Lipinski definition) is 0. The summed E-state index contributed by atoms with van der Waals surface area (Å²) >= 11 is 3.54. The Kier molecular flexibility index (Phi) is 2.71. The second-order valence-corrected chi connectivity index (χ2v) is 4.40. The van der Waals surface area contributed by atoms with Crippen LogP contribution < -0.4 is 4.35 Å². The molecule has 0 fully saturated rings. The normalized spacial score (nSPS) is 9.55. The maximum absolute atomic E-state index is 2.23. The van der Waals surface area contributed by atoms with Crippen LogP contribution in [-0.4, -0.2) is 22.3 Å². The second kappa shape index (κ2) is 3.40. The summed E-state index contributed by atoms with van der Waals surface area (Å²) in [5.74, 6) is 0. The van der Waals surface area contributed by atoms with Gasteiger partial charge in [0.05, 0.1) is 0 Å². The zero-order chi connectivity index (χ0) is 6.97. The molecule has 0 bridgehead atoms. The SMILES string of the molecule is O.[AsH2]c1csc2ccccc12. The zero-order valence-corrected chi connectivity index (χ0v) is 9.11. The first-order valence-corrected chi connectivity index (χ1v) is 5.19. The molecule has 0 amide bonds. The monoisotopic (exact) mass is 228 g/mol. The number of hydrogen-bond acceptors (Lipinski definition) is 1. The first-order valence-electron chi connectivity index (χ1n) is 3.09. The predicted octanol–water partition coefficient (Wildman–Crippen LogP) is 0.335. The average Bonchev–Trinajstić information content (AvgIpc) is 2.34. The summed E-state index contributed by atoms with van der Waals surface area (Å²) in [6.07, 6.45) is 0. The summed E-state index contributed by atoms with van der Waals surface area (Å²) in [7, 11) is 0. The van der Waals surface area contributed by atoms with E-state index in [-0.39, 0.29) is 5.48 Å². The van der Waals surface area contributed by atoms with Crippen LogP contribution in [0.15, 0.2) is 29.6 Å². The van der Waals surface area contributed by atoms with E-state index in [9.17, 15) is 0 Å². The van der Waals surface area contributed by atoms with Gasteiger partial charge < -0.3 is 5.48 Å². The molecule has 0 aliphatic rings. The standard InChI is InChI=1S/C8H7AsS.H2O/c9-7-5-10-8-4-2-1-3-6(7)8;/h1-5H,9H2;1H2. The number of fused-ring (bicyclic) bond motifs is 1. The fourth-order valence-electron chi connectivity index (χ4n) is 0.998. The van der Waals surface area contributed by atoms with Gasteiger partial charge in [0.25, 0.3) is 0 Å². The summed E-state index contributed by atoms with van der Waals surface area (Å²) in [5.41, 5.74) is 0. The molecule has 1 heterocycles. The van der Waals surface area contributed by atoms with Gasteiger partial charge in [0.1, 0.15) is 0 Å². The quantitative estimate of drug-likeness (QED) is 0.582. The van der Waals surface area contributed by atoms with E-state index in [1.807, 2.05) is 11.3 Å². The van der Waals surface area contributed by atoms with Crippen molar-refractivity contribution in [1.82, 2.24) is 0 Å². The summed E-state index contributed by atoms with van der Waals surface area (Å²) < 4.78 is 2.86. The van der Waals surface area contributed by atoms with Gasteiger partial charge in [-0.25, -0.2) is 0 Å². The fourth-order valence-corrected chi connectivity index (χ4v) is 3.03. The summed E-state index contributed by atoms with van der Waals surface area (Å²) in [4.78, 5) is 0. The third kappa shape index (κ3) is 1.48. The van der Waals surface area contributed by atoms with Crippen LogP contribution in [-0.2, 0) is 0 Å². The van der Waals surface area contributed by atoms with Gasteiger partial charge in [-0.3, -0.25) is 0 Å². The number of benzene rings is 1. The van der Waals surface area contributed by atoms with E-state index in [1.165, 1.54) is 14.4 Å². The van der Waals surface area contributed by atoms with Gasteiger partial charge in [-0.05, 0) is 0 Å². The molecule has 1 nitrogen and oxygen atoms in total. The maximum atomic E-state index is 2.23. The molecule has 3 heteroatoms. The molecule has 58 valence electrons. The molecule has 0 radical (unpaired) electrons. The van der Waals surface area contributed by atoms with Crippen LogP contribution in [0.4, 0.5) is 0 Å². The second-order valence-electron chi connectivity index (χ2n) is 2.19. The molecule has 2 aromatic rings. The molecule has 1 unspecified atom stereocenters. The van der Waals surface area contributed by atoms with Crippen LogP contribution in [0, 0.1) is 0 Å². The summed E-state index contributed by atoms with van der Waals surface area (Å²) in [6, 6.07) is 8.54. The van der Waals surface area contributed by atoms with E-state index in [0.29, 0.717) is 0 Å². The van der Waals surface area contributed by atoms with E-state index < -0.39 is 0 Å². The molecule has 11 heavy (non-hydrogen) atoms. The van der Waals surface area contributed by atoms with Crippen LogP contribution in [0.5, 0.6) is 0 Å². The Morgan fingerprint density at radius 3 is 2.64 bits per heavy atom. The molecule has 0 saturated carbocycles. The van der Waals surface area contributed by atoms with Gasteiger partial charge in [0, 0.05) is 0 Å². The minimum absolute atomic E-state index is 0. The van der Waals surface area contributed by atoms with Crippen molar-refractivity contribution in [2.24, 2.45) is 0 Å².